The molecule has 1 spiro atoms. The zero-order chi connectivity index (χ0) is 28.4. The highest BCUT2D eigenvalue weighted by atomic mass is 15.2. The molecule has 198 valence electrons. The van der Waals surface area contributed by atoms with Crippen molar-refractivity contribution in [2.45, 2.75) is 37.3 Å². The Hall–Kier alpha value is -5.32. The minimum Gasteiger partial charge on any atom is -0.194 e. The Bertz CT molecular complexity index is 2040. The van der Waals surface area contributed by atoms with E-state index in [0.717, 1.165) is 28.8 Å². The first kappa shape index (κ1) is 24.5. The second kappa shape index (κ2) is 9.10. The minimum atomic E-state index is -0.299. The van der Waals surface area contributed by atoms with Crippen LogP contribution in [0.25, 0.3) is 33.6 Å². The molecule has 2 aromatic heterocycles. The van der Waals surface area contributed by atoms with E-state index in [9.17, 15) is 10.5 Å². The van der Waals surface area contributed by atoms with Crippen LogP contribution < -0.4 is 9.13 Å². The quantitative estimate of drug-likeness (QED) is 0.172. The number of aryl methyl sites for hydroxylation is 1. The van der Waals surface area contributed by atoms with Crippen LogP contribution >= 0.6 is 0 Å². The van der Waals surface area contributed by atoms with E-state index in [1.165, 1.54) is 27.9 Å². The molecule has 3 aromatic carbocycles. The highest BCUT2D eigenvalue weighted by molar-refractivity contribution is 5.84. The Labute approximate surface area is 245 Å². The summed E-state index contributed by atoms with van der Waals surface area (Å²) in [5.74, 6) is 0.232. The number of aromatic nitrogens is 2. The first-order valence-corrected chi connectivity index (χ1v) is 14.5. The van der Waals surface area contributed by atoms with Gasteiger partial charge in [-0.2, -0.15) is 19.7 Å². The molecule has 4 nitrogen and oxygen atoms in total. The van der Waals surface area contributed by atoms with Gasteiger partial charge in [-0.15, -0.1) is 0 Å². The summed E-state index contributed by atoms with van der Waals surface area (Å²) in [7, 11) is 0. The lowest BCUT2D eigenvalue weighted by atomic mass is 9.56. The average molecular weight is 541 g/mol. The molecule has 5 aromatic rings. The minimum absolute atomic E-state index is 0.232. The number of fused-ring (bicyclic) bond motifs is 11. The molecule has 0 saturated heterocycles. The zero-order valence-corrected chi connectivity index (χ0v) is 23.3. The van der Waals surface area contributed by atoms with Crippen LogP contribution in [0.4, 0.5) is 0 Å². The molecular formula is C38H28N4+2. The van der Waals surface area contributed by atoms with E-state index in [1.54, 1.807) is 0 Å². The lowest BCUT2D eigenvalue weighted by Crippen LogP contribution is -2.73. The average Bonchev–Trinajstić information content (AvgIpc) is 3.02. The van der Waals surface area contributed by atoms with Crippen LogP contribution in [0.1, 0.15) is 46.2 Å². The SMILES string of the molecule is Cc1cc[n+]2c(c1-c1ccccc1)-c1ccc(C#N)c(C#N)c1C/C=C/C21CC2C1c1ccccc1-c1cccc[n+]12. The summed E-state index contributed by atoms with van der Waals surface area (Å²) in [6.07, 6.45) is 10.7. The molecule has 4 heteroatoms. The molecule has 0 N–H and O–H groups in total. The largest absolute Gasteiger partial charge is 0.221 e. The molecule has 42 heavy (non-hydrogen) atoms. The fourth-order valence-electron chi connectivity index (χ4n) is 7.88. The van der Waals surface area contributed by atoms with Crippen LogP contribution in [-0.4, -0.2) is 0 Å². The summed E-state index contributed by atoms with van der Waals surface area (Å²) in [4.78, 5) is 0. The van der Waals surface area contributed by atoms with Gasteiger partial charge in [0.1, 0.15) is 18.1 Å². The highest BCUT2D eigenvalue weighted by Gasteiger charge is 2.68. The van der Waals surface area contributed by atoms with Crippen molar-refractivity contribution in [1.29, 1.82) is 10.5 Å². The molecule has 0 amide bonds. The number of pyridine rings is 2. The van der Waals surface area contributed by atoms with E-state index in [-0.39, 0.29) is 11.5 Å². The molecule has 0 radical (unpaired) electrons. The Morgan fingerprint density at radius 1 is 0.810 bits per heavy atom. The van der Waals surface area contributed by atoms with E-state index < -0.39 is 0 Å². The molecule has 1 fully saturated rings. The molecular weight excluding hydrogens is 512 g/mol. The van der Waals surface area contributed by atoms with Crippen LogP contribution in [0.5, 0.6) is 0 Å². The van der Waals surface area contributed by atoms with Crippen LogP contribution in [0.3, 0.4) is 0 Å². The van der Waals surface area contributed by atoms with Crippen LogP contribution in [0.2, 0.25) is 0 Å². The van der Waals surface area contributed by atoms with E-state index in [1.807, 2.05) is 12.1 Å². The third-order valence-corrected chi connectivity index (χ3v) is 9.66. The number of benzene rings is 3. The van der Waals surface area contributed by atoms with Gasteiger partial charge < -0.3 is 0 Å². The van der Waals surface area contributed by atoms with Gasteiger partial charge in [0, 0.05) is 18.2 Å². The molecule has 1 aliphatic carbocycles. The first-order chi connectivity index (χ1) is 20.7. The maximum Gasteiger partial charge on any atom is 0.221 e. The first-order valence-electron chi connectivity index (χ1n) is 14.5. The molecule has 8 rings (SSSR count). The zero-order valence-electron chi connectivity index (χ0n) is 23.3. The molecule has 4 heterocycles. The van der Waals surface area contributed by atoms with Gasteiger partial charge in [0.15, 0.2) is 18.4 Å². The number of hydrogen-bond donors (Lipinski definition) is 0. The molecule has 1 saturated carbocycles. The van der Waals surface area contributed by atoms with Crippen molar-refractivity contribution in [2.75, 3.05) is 0 Å². The topological polar surface area (TPSA) is 55.3 Å². The highest BCUT2D eigenvalue weighted by Crippen LogP contribution is 2.59. The Kier molecular flexibility index (Phi) is 5.30. The van der Waals surface area contributed by atoms with Crippen molar-refractivity contribution in [3.8, 4) is 45.8 Å². The van der Waals surface area contributed by atoms with Crippen LogP contribution in [0, 0.1) is 29.6 Å². The van der Waals surface area contributed by atoms with Crippen molar-refractivity contribution in [3.63, 3.8) is 0 Å². The summed E-state index contributed by atoms with van der Waals surface area (Å²) in [6.45, 7) is 2.17. The summed E-state index contributed by atoms with van der Waals surface area (Å²) in [6, 6.07) is 37.0. The predicted molar refractivity (Wildman–Crippen MR) is 161 cm³/mol. The fourth-order valence-corrected chi connectivity index (χ4v) is 7.88. The summed E-state index contributed by atoms with van der Waals surface area (Å²) in [5, 5.41) is 20.1. The smallest absolute Gasteiger partial charge is 0.194 e. The maximum absolute atomic E-state index is 10.2. The van der Waals surface area contributed by atoms with E-state index in [0.29, 0.717) is 23.6 Å². The Balaban J connectivity index is 1.46. The normalized spacial score (nSPS) is 21.5. The lowest BCUT2D eigenvalue weighted by molar-refractivity contribution is -0.816. The van der Waals surface area contributed by atoms with Gasteiger partial charge in [-0.3, -0.25) is 0 Å². The number of rotatable bonds is 1. The molecule has 2 aliphatic heterocycles. The van der Waals surface area contributed by atoms with Gasteiger partial charge in [-0.1, -0.05) is 54.6 Å². The van der Waals surface area contributed by atoms with Crippen LogP contribution in [0.15, 0.2) is 116 Å². The predicted octanol–water partition coefficient (Wildman–Crippen LogP) is 6.86. The van der Waals surface area contributed by atoms with E-state index >= 15 is 0 Å². The van der Waals surface area contributed by atoms with Crippen molar-refractivity contribution in [2.24, 2.45) is 0 Å². The van der Waals surface area contributed by atoms with Gasteiger partial charge in [0.2, 0.25) is 16.9 Å². The van der Waals surface area contributed by atoms with Gasteiger partial charge in [-0.05, 0) is 65.9 Å². The summed E-state index contributed by atoms with van der Waals surface area (Å²) >= 11 is 0. The second-order valence-electron chi connectivity index (χ2n) is 11.6. The molecule has 3 aliphatic rings. The Morgan fingerprint density at radius 2 is 1.62 bits per heavy atom. The number of nitrogens with zero attached hydrogens (tertiary/aromatic N) is 4. The molecule has 3 unspecified atom stereocenters. The third-order valence-electron chi connectivity index (χ3n) is 9.66. The monoisotopic (exact) mass is 540 g/mol. The lowest BCUT2D eigenvalue weighted by Gasteiger charge is -2.49. The second-order valence-corrected chi connectivity index (χ2v) is 11.6. The van der Waals surface area contributed by atoms with Gasteiger partial charge in [-0.25, -0.2) is 0 Å². The maximum atomic E-state index is 10.2. The summed E-state index contributed by atoms with van der Waals surface area (Å²) in [5.41, 5.74) is 11.1. The number of hydrogen-bond acceptors (Lipinski definition) is 2. The number of allylic oxidation sites excluding steroid dienone is 2. The standard InChI is InChI=1S/C38H28N4/c1-25-18-21-42-37(35(25)26-10-3-2-4-11-26)31-17-16-27(23-39)32(24-40)28(31)14-9-19-38(42)22-34-36(38)30-13-6-5-12-29(30)33-15-7-8-20-41(33)34/h2-13,15-21,34,36H,14,22H2,1H3/q+2/b19-9+. The van der Waals surface area contributed by atoms with E-state index in [4.69, 9.17) is 0 Å². The van der Waals surface area contributed by atoms with Gasteiger partial charge >= 0.3 is 0 Å². The fraction of sp³-hybridized carbons (Fsp3) is 0.158. The van der Waals surface area contributed by atoms with Crippen LogP contribution in [-0.2, 0) is 12.0 Å². The molecule has 3 atom stereocenters. The summed E-state index contributed by atoms with van der Waals surface area (Å²) < 4.78 is 4.97. The number of nitriles is 2. The van der Waals surface area contributed by atoms with Crippen molar-refractivity contribution >= 4 is 0 Å². The Morgan fingerprint density at radius 3 is 2.45 bits per heavy atom. The third kappa shape index (κ3) is 3.21. The molecule has 0 bridgehead atoms. The van der Waals surface area contributed by atoms with Crippen molar-refractivity contribution < 1.29 is 9.13 Å². The van der Waals surface area contributed by atoms with Crippen molar-refractivity contribution in [1.82, 2.24) is 0 Å². The van der Waals surface area contributed by atoms with Gasteiger partial charge in [0.05, 0.1) is 34.2 Å². The van der Waals surface area contributed by atoms with E-state index in [2.05, 4.69) is 132 Å². The van der Waals surface area contributed by atoms with Crippen molar-refractivity contribution in [3.05, 3.63) is 143 Å². The van der Waals surface area contributed by atoms with Gasteiger partial charge in [0.25, 0.3) is 0 Å².